The molecule has 2 aromatic rings. The fourth-order valence-corrected chi connectivity index (χ4v) is 2.43. The van der Waals surface area contributed by atoms with Crippen LogP contribution in [-0.2, 0) is 6.42 Å². The Balaban J connectivity index is 2.30. The van der Waals surface area contributed by atoms with Crippen LogP contribution in [0.4, 0.5) is 0 Å². The minimum absolute atomic E-state index is 0.0763. The summed E-state index contributed by atoms with van der Waals surface area (Å²) in [5, 5.41) is 10.7. The summed E-state index contributed by atoms with van der Waals surface area (Å²) in [6.07, 6.45) is 0.134. The Morgan fingerprint density at radius 1 is 1.11 bits per heavy atom. The van der Waals surface area contributed by atoms with Gasteiger partial charge in [0.25, 0.3) is 0 Å². The minimum Gasteiger partial charge on any atom is -0.507 e. The predicted molar refractivity (Wildman–Crippen MR) is 80.3 cm³/mol. The van der Waals surface area contributed by atoms with Crippen LogP contribution in [0.2, 0.25) is 10.0 Å². The Morgan fingerprint density at radius 2 is 1.74 bits per heavy atom. The number of halogens is 3. The van der Waals surface area contributed by atoms with Gasteiger partial charge in [0.15, 0.2) is 5.78 Å². The molecule has 0 unspecified atom stereocenters. The fraction of sp³-hybridized carbons (Fsp3) is 0.0714. The number of hydrogen-bond donors (Lipinski definition) is 1. The molecule has 0 saturated carbocycles. The standard InChI is InChI=1S/C14H9BrCl2O2/c15-12-3-1-9(16)5-8(12)6-14(19)11-7-10(17)2-4-13(11)18/h1-5,7,18H,6H2. The van der Waals surface area contributed by atoms with Crippen molar-refractivity contribution >= 4 is 44.9 Å². The summed E-state index contributed by atoms with van der Waals surface area (Å²) in [5.41, 5.74) is 0.969. The van der Waals surface area contributed by atoms with E-state index in [-0.39, 0.29) is 23.5 Å². The molecule has 5 heteroatoms. The van der Waals surface area contributed by atoms with Crippen LogP contribution >= 0.6 is 39.1 Å². The lowest BCUT2D eigenvalue weighted by Gasteiger charge is -2.07. The van der Waals surface area contributed by atoms with Crippen LogP contribution in [-0.4, -0.2) is 10.9 Å². The molecule has 0 bridgehead atoms. The average molecular weight is 360 g/mol. The van der Waals surface area contributed by atoms with E-state index in [1.54, 1.807) is 18.2 Å². The van der Waals surface area contributed by atoms with Crippen LogP contribution in [0.15, 0.2) is 40.9 Å². The molecule has 0 aromatic heterocycles. The molecule has 0 aliphatic heterocycles. The lowest BCUT2D eigenvalue weighted by Crippen LogP contribution is -2.04. The van der Waals surface area contributed by atoms with Crippen molar-refractivity contribution in [1.29, 1.82) is 0 Å². The van der Waals surface area contributed by atoms with Gasteiger partial charge >= 0.3 is 0 Å². The molecule has 2 aromatic carbocycles. The van der Waals surface area contributed by atoms with Crippen LogP contribution in [0.5, 0.6) is 5.75 Å². The maximum absolute atomic E-state index is 12.2. The molecule has 2 rings (SSSR count). The Hall–Kier alpha value is -1.03. The highest BCUT2D eigenvalue weighted by atomic mass is 79.9. The Kier molecular flexibility index (Phi) is 4.50. The van der Waals surface area contributed by atoms with E-state index in [4.69, 9.17) is 23.2 Å². The molecule has 1 N–H and O–H groups in total. The van der Waals surface area contributed by atoms with Gasteiger partial charge in [0, 0.05) is 20.9 Å². The molecule has 0 heterocycles. The molecule has 19 heavy (non-hydrogen) atoms. The zero-order chi connectivity index (χ0) is 14.0. The van der Waals surface area contributed by atoms with E-state index in [0.29, 0.717) is 10.0 Å². The first-order valence-corrected chi connectivity index (χ1v) is 6.98. The third-order valence-electron chi connectivity index (χ3n) is 2.62. The van der Waals surface area contributed by atoms with E-state index in [1.807, 2.05) is 0 Å². The predicted octanol–water partition coefficient (Wildman–Crippen LogP) is 4.89. The molecule has 0 atom stereocenters. The summed E-state index contributed by atoms with van der Waals surface area (Å²) in [6, 6.07) is 9.62. The summed E-state index contributed by atoms with van der Waals surface area (Å²) in [6.45, 7) is 0. The Bertz CT molecular complexity index is 641. The van der Waals surface area contributed by atoms with Gasteiger partial charge < -0.3 is 5.11 Å². The highest BCUT2D eigenvalue weighted by Gasteiger charge is 2.14. The van der Waals surface area contributed by atoms with E-state index in [9.17, 15) is 9.90 Å². The molecule has 0 saturated heterocycles. The molecule has 0 amide bonds. The number of phenols is 1. The highest BCUT2D eigenvalue weighted by molar-refractivity contribution is 9.10. The SMILES string of the molecule is O=C(Cc1cc(Cl)ccc1Br)c1cc(Cl)ccc1O. The van der Waals surface area contributed by atoms with Gasteiger partial charge in [0.1, 0.15) is 5.75 Å². The first kappa shape index (κ1) is 14.4. The summed E-state index contributed by atoms with van der Waals surface area (Å²) in [5.74, 6) is -0.296. The third kappa shape index (κ3) is 3.50. The lowest BCUT2D eigenvalue weighted by atomic mass is 10.0. The molecule has 0 fully saturated rings. The van der Waals surface area contributed by atoms with Gasteiger partial charge in [-0.15, -0.1) is 0 Å². The molecule has 0 radical (unpaired) electrons. The van der Waals surface area contributed by atoms with Gasteiger partial charge in [-0.25, -0.2) is 0 Å². The van der Waals surface area contributed by atoms with E-state index < -0.39 is 0 Å². The van der Waals surface area contributed by atoms with Gasteiger partial charge in [0.05, 0.1) is 5.56 Å². The lowest BCUT2D eigenvalue weighted by molar-refractivity contribution is 0.0990. The number of rotatable bonds is 3. The number of carbonyl (C=O) groups excluding carboxylic acids is 1. The molecule has 2 nitrogen and oxygen atoms in total. The van der Waals surface area contributed by atoms with Crippen molar-refractivity contribution in [2.75, 3.05) is 0 Å². The second-order valence-corrected chi connectivity index (χ2v) is 5.72. The second-order valence-electron chi connectivity index (χ2n) is 4.00. The van der Waals surface area contributed by atoms with Crippen LogP contribution in [0, 0.1) is 0 Å². The molecule has 0 aliphatic carbocycles. The van der Waals surface area contributed by atoms with E-state index in [2.05, 4.69) is 15.9 Å². The van der Waals surface area contributed by atoms with E-state index >= 15 is 0 Å². The number of carbonyl (C=O) groups is 1. The summed E-state index contributed by atoms with van der Waals surface area (Å²) >= 11 is 15.1. The first-order valence-electron chi connectivity index (χ1n) is 5.43. The van der Waals surface area contributed by atoms with Crippen molar-refractivity contribution in [3.05, 3.63) is 62.0 Å². The van der Waals surface area contributed by atoms with E-state index in [1.165, 1.54) is 18.2 Å². The van der Waals surface area contributed by atoms with Crippen LogP contribution in [0.1, 0.15) is 15.9 Å². The zero-order valence-corrected chi connectivity index (χ0v) is 12.8. The second kappa shape index (κ2) is 5.95. The molecule has 0 aliphatic rings. The van der Waals surface area contributed by atoms with Crippen molar-refractivity contribution in [2.24, 2.45) is 0 Å². The normalized spacial score (nSPS) is 10.5. The number of aromatic hydroxyl groups is 1. The average Bonchev–Trinajstić information content (AvgIpc) is 2.36. The van der Waals surface area contributed by atoms with Crippen molar-refractivity contribution in [3.63, 3.8) is 0 Å². The van der Waals surface area contributed by atoms with Gasteiger partial charge in [-0.1, -0.05) is 39.1 Å². The van der Waals surface area contributed by atoms with Crippen LogP contribution < -0.4 is 0 Å². The first-order chi connectivity index (χ1) is 8.97. The molecular formula is C14H9BrCl2O2. The van der Waals surface area contributed by atoms with Crippen molar-refractivity contribution in [1.82, 2.24) is 0 Å². The maximum Gasteiger partial charge on any atom is 0.171 e. The smallest absolute Gasteiger partial charge is 0.171 e. The Labute approximate surface area is 129 Å². The van der Waals surface area contributed by atoms with Crippen molar-refractivity contribution < 1.29 is 9.90 Å². The quantitative estimate of drug-likeness (QED) is 0.792. The van der Waals surface area contributed by atoms with Crippen LogP contribution in [0.3, 0.4) is 0 Å². The number of hydrogen-bond acceptors (Lipinski definition) is 2. The number of phenolic OH excluding ortho intramolecular Hbond substituents is 1. The topological polar surface area (TPSA) is 37.3 Å². The summed E-state index contributed by atoms with van der Waals surface area (Å²) in [4.78, 5) is 12.2. The van der Waals surface area contributed by atoms with Crippen molar-refractivity contribution in [2.45, 2.75) is 6.42 Å². The highest BCUT2D eigenvalue weighted by Crippen LogP contribution is 2.26. The van der Waals surface area contributed by atoms with Gasteiger partial charge in [-0.3, -0.25) is 4.79 Å². The van der Waals surface area contributed by atoms with Gasteiger partial charge in [0.2, 0.25) is 0 Å². The summed E-state index contributed by atoms with van der Waals surface area (Å²) in [7, 11) is 0. The van der Waals surface area contributed by atoms with Crippen LogP contribution in [0.25, 0.3) is 0 Å². The van der Waals surface area contributed by atoms with Gasteiger partial charge in [-0.2, -0.15) is 0 Å². The zero-order valence-electron chi connectivity index (χ0n) is 9.66. The monoisotopic (exact) mass is 358 g/mol. The molecule has 0 spiro atoms. The molecular weight excluding hydrogens is 351 g/mol. The summed E-state index contributed by atoms with van der Waals surface area (Å²) < 4.78 is 0.798. The van der Waals surface area contributed by atoms with E-state index in [0.717, 1.165) is 10.0 Å². The third-order valence-corrected chi connectivity index (χ3v) is 3.86. The molecule has 98 valence electrons. The Morgan fingerprint density at radius 3 is 2.47 bits per heavy atom. The largest absolute Gasteiger partial charge is 0.507 e. The van der Waals surface area contributed by atoms with Gasteiger partial charge in [-0.05, 0) is 42.0 Å². The van der Waals surface area contributed by atoms with Crippen molar-refractivity contribution in [3.8, 4) is 5.75 Å². The number of ketones is 1. The minimum atomic E-state index is -0.219. The number of Topliss-reactive ketones (excluding diaryl/α,β-unsaturated/α-hetero) is 1. The maximum atomic E-state index is 12.2. The number of benzene rings is 2. The fourth-order valence-electron chi connectivity index (χ4n) is 1.68.